The van der Waals surface area contributed by atoms with Crippen LogP contribution in [0, 0.1) is 11.8 Å². The minimum atomic E-state index is -0.580. The van der Waals surface area contributed by atoms with E-state index < -0.39 is 6.10 Å². The number of quaternary nitrogens is 1. The van der Waals surface area contributed by atoms with Gasteiger partial charge in [-0.3, -0.25) is 4.98 Å². The van der Waals surface area contributed by atoms with Gasteiger partial charge in [0.1, 0.15) is 11.9 Å². The summed E-state index contributed by atoms with van der Waals surface area (Å²) in [5, 5.41) is 12.2. The molecule has 0 spiro atoms. The lowest BCUT2D eigenvalue weighted by molar-refractivity contribution is -0.873. The zero-order chi connectivity index (χ0) is 17.6. The Labute approximate surface area is 150 Å². The Balaban J connectivity index is 1.72. The largest absolute Gasteiger partial charge is 0.583 e. The van der Waals surface area contributed by atoms with E-state index in [1.165, 1.54) is 12.8 Å². The first-order chi connectivity index (χ1) is 12.1. The first-order valence-corrected chi connectivity index (χ1v) is 9.31. The number of hydrogen-bond donors (Lipinski definition) is 1. The molecule has 0 unspecified atom stereocenters. The van der Waals surface area contributed by atoms with Crippen LogP contribution in [0.5, 0.6) is 5.75 Å². The molecule has 1 N–H and O–H groups in total. The molecule has 3 fully saturated rings. The summed E-state index contributed by atoms with van der Waals surface area (Å²) in [6.45, 7) is 4.21. The van der Waals surface area contributed by atoms with Crippen LogP contribution in [0.2, 0.25) is 0 Å². The monoisotopic (exact) mass is 337 g/mol. The summed E-state index contributed by atoms with van der Waals surface area (Å²) in [5.41, 5.74) is 1.79. The van der Waals surface area contributed by atoms with Gasteiger partial charge in [0.25, 0.3) is 0 Å². The number of aromatic nitrogens is 1. The van der Waals surface area contributed by atoms with Crippen LogP contribution in [0.15, 0.2) is 30.5 Å². The number of rotatable bonds is 4. The lowest BCUT2D eigenvalue weighted by atomic mass is 9.68. The van der Waals surface area contributed by atoms with Crippen LogP contribution in [0.25, 0.3) is 10.9 Å². The second kappa shape index (κ2) is 6.29. The summed E-state index contributed by atoms with van der Waals surface area (Å²) < 4.78 is 5.87. The van der Waals surface area contributed by atoms with Gasteiger partial charge in [-0.25, -0.2) is 7.98 Å². The molecule has 4 heterocycles. The van der Waals surface area contributed by atoms with E-state index in [2.05, 4.69) is 11.9 Å². The van der Waals surface area contributed by atoms with Crippen LogP contribution in [-0.2, 0) is 0 Å². The molecule has 5 heteroatoms. The lowest BCUT2D eigenvalue weighted by Crippen LogP contribution is -2.67. The van der Waals surface area contributed by atoms with Crippen molar-refractivity contribution in [2.24, 2.45) is 11.8 Å². The molecule has 0 amide bonds. The fourth-order valence-electron chi connectivity index (χ4n) is 5.06. The Morgan fingerprint density at radius 2 is 2.24 bits per heavy atom. The number of hydrogen-bond acceptors (Lipinski definition) is 3. The molecule has 3 saturated heterocycles. The van der Waals surface area contributed by atoms with E-state index >= 15 is 0 Å². The lowest BCUT2D eigenvalue weighted by Gasteiger charge is -2.67. The fourth-order valence-corrected chi connectivity index (χ4v) is 5.06. The van der Waals surface area contributed by atoms with Crippen molar-refractivity contribution in [3.05, 3.63) is 36.0 Å². The van der Waals surface area contributed by atoms with E-state index in [0.29, 0.717) is 16.2 Å². The molecule has 0 saturated carbocycles. The number of pyridine rings is 1. The Kier molecular flexibility index (Phi) is 4.24. The van der Waals surface area contributed by atoms with Crippen molar-refractivity contribution in [2.75, 3.05) is 20.2 Å². The van der Waals surface area contributed by atoms with E-state index in [4.69, 9.17) is 12.7 Å². The normalized spacial score (nSPS) is 32.7. The molecule has 0 aliphatic carbocycles. The van der Waals surface area contributed by atoms with Gasteiger partial charge >= 0.3 is 0 Å². The molecule has 131 valence electrons. The maximum absolute atomic E-state index is 11.3. The minimum Gasteiger partial charge on any atom is -0.583 e. The molecule has 1 aromatic heterocycles. The maximum Gasteiger partial charge on any atom is 0.127 e. The second-order valence-electron chi connectivity index (χ2n) is 7.76. The predicted octanol–water partition coefficient (Wildman–Crippen LogP) is 3.00. The van der Waals surface area contributed by atoms with Gasteiger partial charge in [-0.05, 0) is 48.6 Å². The van der Waals surface area contributed by atoms with E-state index in [-0.39, 0.29) is 6.04 Å². The van der Waals surface area contributed by atoms with Crippen molar-refractivity contribution in [1.29, 1.82) is 0 Å². The van der Waals surface area contributed by atoms with Gasteiger partial charge in [0.2, 0.25) is 0 Å². The van der Waals surface area contributed by atoms with Crippen LogP contribution in [0.4, 0.5) is 0 Å². The molecule has 3 aliphatic heterocycles. The highest BCUT2D eigenvalue weighted by atomic mass is 16.5. The molecule has 5 rings (SSSR count). The number of fused-ring (bicyclic) bond motifs is 4. The quantitative estimate of drug-likeness (QED) is 0.872. The van der Waals surface area contributed by atoms with Crippen molar-refractivity contribution in [3.8, 4) is 5.75 Å². The van der Waals surface area contributed by atoms with Crippen molar-refractivity contribution in [3.63, 3.8) is 0 Å². The maximum atomic E-state index is 11.3. The van der Waals surface area contributed by atoms with Crippen molar-refractivity contribution in [2.45, 2.75) is 38.3 Å². The Morgan fingerprint density at radius 3 is 2.96 bits per heavy atom. The number of nitrogens with zero attached hydrogens (tertiary/aromatic N) is 2. The molecule has 2 bridgehead atoms. The first kappa shape index (κ1) is 16.9. The van der Waals surface area contributed by atoms with E-state index in [0.717, 1.165) is 41.7 Å². The summed E-state index contributed by atoms with van der Waals surface area (Å²) in [6, 6.07) is 7.79. The Bertz CT molecular complexity index is 783. The van der Waals surface area contributed by atoms with Crippen molar-refractivity contribution < 1.29 is 14.2 Å². The van der Waals surface area contributed by atoms with Crippen LogP contribution in [-0.4, -0.2) is 48.7 Å². The number of benzene rings is 1. The molecule has 25 heavy (non-hydrogen) atoms. The molecule has 3 radical (unpaired) electrons. The molecule has 3 aliphatic rings. The molecular formula is C20H26BN2O2. The average molecular weight is 337 g/mol. The molecule has 1 aromatic carbocycles. The minimum absolute atomic E-state index is 0.0540. The van der Waals surface area contributed by atoms with Gasteiger partial charge < -0.3 is 14.2 Å². The summed E-state index contributed by atoms with van der Waals surface area (Å²) in [7, 11) is 8.44. The number of aliphatic hydroxyl groups excluding tert-OH is 1. The zero-order valence-electron chi connectivity index (χ0n) is 15.1. The smallest absolute Gasteiger partial charge is 0.127 e. The van der Waals surface area contributed by atoms with Gasteiger partial charge in [0.05, 0.1) is 18.7 Å². The van der Waals surface area contributed by atoms with Crippen LogP contribution in [0.3, 0.4) is 0 Å². The second-order valence-corrected chi connectivity index (χ2v) is 7.76. The Hall–Kier alpha value is -1.59. The van der Waals surface area contributed by atoms with E-state index in [1.807, 2.05) is 24.3 Å². The molecule has 4 nitrogen and oxygen atoms in total. The SMILES string of the molecule is [B-][N@@+]12CC[C@@H](C[C@@H]1[C@@H](O)c1ccnc3ccc(OC)cc13)[C@@H](CC)C2. The Morgan fingerprint density at radius 1 is 1.40 bits per heavy atom. The number of aliphatic hydroxyl groups is 1. The number of piperidine rings is 3. The van der Waals surface area contributed by atoms with Crippen molar-refractivity contribution in [1.82, 2.24) is 4.98 Å². The molecule has 2 aromatic rings. The van der Waals surface area contributed by atoms with Crippen LogP contribution in [0.1, 0.15) is 37.9 Å². The van der Waals surface area contributed by atoms with Gasteiger partial charge in [0.15, 0.2) is 0 Å². The third-order valence-corrected chi connectivity index (χ3v) is 6.55. The van der Waals surface area contributed by atoms with Crippen molar-refractivity contribution >= 4 is 18.9 Å². The number of methoxy groups -OCH3 is 1. The summed E-state index contributed by atoms with van der Waals surface area (Å²) in [5.74, 6) is 2.16. The number of ether oxygens (including phenoxy) is 1. The highest BCUT2D eigenvalue weighted by Crippen LogP contribution is 2.46. The first-order valence-electron chi connectivity index (χ1n) is 9.31. The fraction of sp³-hybridized carbons (Fsp3) is 0.550. The van der Waals surface area contributed by atoms with Gasteiger partial charge in [-0.1, -0.05) is 6.92 Å². The van der Waals surface area contributed by atoms with Gasteiger partial charge in [-0.2, -0.15) is 0 Å². The predicted molar refractivity (Wildman–Crippen MR) is 99.3 cm³/mol. The zero-order valence-corrected chi connectivity index (χ0v) is 15.1. The van der Waals surface area contributed by atoms with Gasteiger partial charge in [0, 0.05) is 37.0 Å². The summed E-state index contributed by atoms with van der Waals surface area (Å²) >= 11 is 0. The standard InChI is InChI=1S/C20H26BN2O2/c1-3-13-12-23(21)9-7-14(13)10-19(23)20(24)16-6-8-22-18-5-4-15(25-2)11-17(16)18/h4-6,8,11,13-14,19-20,24H,3,7,9-10,12H2,1-2H3/t13-,14-,19+,20-,23+/m0/s1. The van der Waals surface area contributed by atoms with Gasteiger partial charge in [-0.15, -0.1) is 0 Å². The summed E-state index contributed by atoms with van der Waals surface area (Å²) in [6.07, 6.45) is 4.57. The third kappa shape index (κ3) is 2.74. The molecular weight excluding hydrogens is 311 g/mol. The topological polar surface area (TPSA) is 42.4 Å². The highest BCUT2D eigenvalue weighted by molar-refractivity contribution is 5.97. The van der Waals surface area contributed by atoms with Crippen LogP contribution < -0.4 is 4.74 Å². The van der Waals surface area contributed by atoms with Crippen LogP contribution >= 0.6 is 0 Å². The third-order valence-electron chi connectivity index (χ3n) is 6.55. The van der Waals surface area contributed by atoms with E-state index in [1.54, 1.807) is 13.3 Å². The summed E-state index contributed by atoms with van der Waals surface area (Å²) in [4.78, 5) is 4.43. The van der Waals surface area contributed by atoms with E-state index in [9.17, 15) is 5.11 Å². The highest BCUT2D eigenvalue weighted by Gasteiger charge is 2.46. The molecule has 5 atom stereocenters. The average Bonchev–Trinajstić information content (AvgIpc) is 2.66.